The van der Waals surface area contributed by atoms with Crippen molar-refractivity contribution < 1.29 is 18.4 Å². The number of fused-ring (bicyclic) bond motifs is 1. The van der Waals surface area contributed by atoms with Crippen LogP contribution in [0.3, 0.4) is 0 Å². The monoisotopic (exact) mass is 385 g/mol. The van der Waals surface area contributed by atoms with Crippen LogP contribution in [-0.2, 0) is 4.79 Å². The Labute approximate surface area is 160 Å². The molecule has 1 saturated carbocycles. The molecule has 2 fully saturated rings. The molecule has 146 valence electrons. The molecule has 0 bridgehead atoms. The largest absolute Gasteiger partial charge is 0.472 e. The first-order chi connectivity index (χ1) is 13.5. The van der Waals surface area contributed by atoms with E-state index in [1.54, 1.807) is 17.6 Å². The number of alkyl halides is 1. The van der Waals surface area contributed by atoms with Gasteiger partial charge in [-0.3, -0.25) is 4.79 Å². The van der Waals surface area contributed by atoms with Gasteiger partial charge in [0.15, 0.2) is 11.5 Å². The Morgan fingerprint density at radius 2 is 2.29 bits per heavy atom. The maximum atomic E-state index is 14.2. The molecule has 5 rings (SSSR count). The van der Waals surface area contributed by atoms with E-state index in [2.05, 4.69) is 20.9 Å². The predicted molar refractivity (Wildman–Crippen MR) is 99.0 cm³/mol. The summed E-state index contributed by atoms with van der Waals surface area (Å²) in [6.07, 6.45) is 3.67. The molecule has 0 unspecified atom stereocenters. The molecule has 1 amide bonds. The van der Waals surface area contributed by atoms with E-state index in [-0.39, 0.29) is 37.4 Å². The highest BCUT2D eigenvalue weighted by molar-refractivity contribution is 5.93. The highest BCUT2D eigenvalue weighted by Crippen LogP contribution is 2.35. The molecule has 4 heterocycles. The van der Waals surface area contributed by atoms with Crippen molar-refractivity contribution in [3.63, 3.8) is 0 Å². The second-order valence-corrected chi connectivity index (χ2v) is 7.54. The van der Waals surface area contributed by atoms with Crippen LogP contribution in [0.4, 0.5) is 10.2 Å². The second kappa shape index (κ2) is 6.30. The summed E-state index contributed by atoms with van der Waals surface area (Å²) in [4.78, 5) is 11.9. The van der Waals surface area contributed by atoms with Gasteiger partial charge < -0.3 is 19.9 Å². The molecule has 2 N–H and O–H groups in total. The van der Waals surface area contributed by atoms with Gasteiger partial charge in [-0.15, -0.1) is 0 Å². The quantitative estimate of drug-likeness (QED) is 0.677. The van der Waals surface area contributed by atoms with Crippen molar-refractivity contribution in [3.05, 3.63) is 30.2 Å². The van der Waals surface area contributed by atoms with Crippen LogP contribution in [0, 0.1) is 12.8 Å². The average Bonchev–Trinajstić information content (AvgIpc) is 3.33. The minimum Gasteiger partial charge on any atom is -0.472 e. The van der Waals surface area contributed by atoms with Crippen molar-refractivity contribution in [1.82, 2.24) is 20.1 Å². The first-order valence-corrected chi connectivity index (χ1v) is 9.30. The molecule has 8 nitrogen and oxygen atoms in total. The molecule has 3 aromatic rings. The molecule has 0 atom stereocenters. The van der Waals surface area contributed by atoms with Gasteiger partial charge in [0.25, 0.3) is 5.88 Å². The van der Waals surface area contributed by atoms with Gasteiger partial charge in [-0.25, -0.2) is 8.91 Å². The van der Waals surface area contributed by atoms with Crippen molar-refractivity contribution in [2.75, 3.05) is 25.0 Å². The van der Waals surface area contributed by atoms with Crippen LogP contribution in [0.25, 0.3) is 16.6 Å². The Morgan fingerprint density at radius 1 is 1.46 bits per heavy atom. The minimum atomic E-state index is -1.37. The van der Waals surface area contributed by atoms with E-state index in [4.69, 9.17) is 9.26 Å². The van der Waals surface area contributed by atoms with Crippen LogP contribution in [0.5, 0.6) is 5.88 Å². The summed E-state index contributed by atoms with van der Waals surface area (Å²) < 4.78 is 26.8. The van der Waals surface area contributed by atoms with Crippen LogP contribution < -0.4 is 15.4 Å². The van der Waals surface area contributed by atoms with Gasteiger partial charge in [0.05, 0.1) is 11.1 Å². The van der Waals surface area contributed by atoms with E-state index >= 15 is 0 Å². The molecule has 28 heavy (non-hydrogen) atoms. The van der Waals surface area contributed by atoms with Crippen LogP contribution >= 0.6 is 0 Å². The standard InChI is InChI=1S/C19H20FN5O3/c1-11-16(18(24-28-11)27-10-19(20)8-21-9-19)13-4-5-25-14(6-13)7-15(23-25)22-17(26)12-2-3-12/h4-7,12,21H,2-3,8-10H2,1H3,(H,22,23,26). The third-order valence-electron chi connectivity index (χ3n) is 5.13. The Bertz CT molecular complexity index is 1050. The zero-order chi connectivity index (χ0) is 19.3. The molecule has 0 radical (unpaired) electrons. The van der Waals surface area contributed by atoms with Gasteiger partial charge in [0.2, 0.25) is 5.91 Å². The fourth-order valence-corrected chi connectivity index (χ4v) is 3.26. The lowest BCUT2D eigenvalue weighted by Crippen LogP contribution is -2.59. The Hall–Kier alpha value is -2.94. The summed E-state index contributed by atoms with van der Waals surface area (Å²) in [5, 5.41) is 14.1. The topological polar surface area (TPSA) is 93.7 Å². The molecule has 0 spiro atoms. The maximum absolute atomic E-state index is 14.2. The van der Waals surface area contributed by atoms with Crippen molar-refractivity contribution in [2.45, 2.75) is 25.4 Å². The number of nitrogens with one attached hydrogen (secondary N) is 2. The number of rotatable bonds is 6. The third kappa shape index (κ3) is 3.11. The number of hydrogen-bond acceptors (Lipinski definition) is 6. The van der Waals surface area contributed by atoms with E-state index in [9.17, 15) is 9.18 Å². The lowest BCUT2D eigenvalue weighted by molar-refractivity contribution is -0.117. The van der Waals surface area contributed by atoms with Crippen LogP contribution in [0.1, 0.15) is 18.6 Å². The molecule has 9 heteroatoms. The summed E-state index contributed by atoms with van der Waals surface area (Å²) in [6.45, 7) is 2.25. The molecular formula is C19H20FN5O3. The molecule has 1 aliphatic heterocycles. The van der Waals surface area contributed by atoms with E-state index in [0.29, 0.717) is 17.1 Å². The van der Waals surface area contributed by atoms with Gasteiger partial charge in [0.1, 0.15) is 12.4 Å². The number of carbonyl (C=O) groups is 1. The summed E-state index contributed by atoms with van der Waals surface area (Å²) in [7, 11) is 0. The third-order valence-corrected chi connectivity index (χ3v) is 5.13. The first-order valence-electron chi connectivity index (χ1n) is 9.30. The number of anilines is 1. The number of amides is 1. The molecule has 3 aromatic heterocycles. The van der Waals surface area contributed by atoms with E-state index in [1.165, 1.54) is 0 Å². The fraction of sp³-hybridized carbons (Fsp3) is 0.421. The molecule has 0 aromatic carbocycles. The van der Waals surface area contributed by atoms with Crippen LogP contribution in [0.15, 0.2) is 28.9 Å². The fourth-order valence-electron chi connectivity index (χ4n) is 3.26. The minimum absolute atomic E-state index is 0.0137. The number of nitrogens with zero attached hydrogens (tertiary/aromatic N) is 3. The van der Waals surface area contributed by atoms with Crippen molar-refractivity contribution in [1.29, 1.82) is 0 Å². The maximum Gasteiger partial charge on any atom is 0.262 e. The summed E-state index contributed by atoms with van der Waals surface area (Å²) in [5.41, 5.74) is 0.943. The zero-order valence-electron chi connectivity index (χ0n) is 15.4. The van der Waals surface area contributed by atoms with Crippen LogP contribution in [-0.4, -0.2) is 46.0 Å². The van der Waals surface area contributed by atoms with E-state index in [1.807, 2.05) is 18.2 Å². The van der Waals surface area contributed by atoms with Gasteiger partial charge in [-0.05, 0) is 42.6 Å². The molecular weight excluding hydrogens is 365 g/mol. The van der Waals surface area contributed by atoms with Crippen LogP contribution in [0.2, 0.25) is 0 Å². The van der Waals surface area contributed by atoms with Crippen molar-refractivity contribution in [2.24, 2.45) is 5.92 Å². The highest BCUT2D eigenvalue weighted by atomic mass is 19.1. The number of ether oxygens (including phenoxy) is 1. The summed E-state index contributed by atoms with van der Waals surface area (Å²) in [6, 6.07) is 5.57. The lowest BCUT2D eigenvalue weighted by Gasteiger charge is -2.34. The van der Waals surface area contributed by atoms with Gasteiger partial charge in [0, 0.05) is 31.3 Å². The zero-order valence-corrected chi connectivity index (χ0v) is 15.4. The predicted octanol–water partition coefficient (Wildman–Crippen LogP) is 2.34. The van der Waals surface area contributed by atoms with Gasteiger partial charge in [-0.2, -0.15) is 5.10 Å². The molecule has 1 aliphatic carbocycles. The Balaban J connectivity index is 1.40. The number of hydrogen-bond donors (Lipinski definition) is 2. The average molecular weight is 385 g/mol. The normalized spacial score (nSPS) is 18.1. The number of aryl methyl sites for hydroxylation is 1. The number of carbonyl (C=O) groups excluding carboxylic acids is 1. The SMILES string of the molecule is Cc1onc(OCC2(F)CNC2)c1-c1ccn2nc(NC(=O)C3CC3)cc2c1. The first kappa shape index (κ1) is 17.2. The smallest absolute Gasteiger partial charge is 0.262 e. The Kier molecular flexibility index (Phi) is 3.87. The lowest BCUT2D eigenvalue weighted by atomic mass is 10.0. The van der Waals surface area contributed by atoms with E-state index in [0.717, 1.165) is 23.9 Å². The molecule has 2 aliphatic rings. The highest BCUT2D eigenvalue weighted by Gasteiger charge is 2.38. The van der Waals surface area contributed by atoms with E-state index < -0.39 is 5.67 Å². The van der Waals surface area contributed by atoms with Crippen molar-refractivity contribution in [3.8, 4) is 17.0 Å². The van der Waals surface area contributed by atoms with Gasteiger partial charge >= 0.3 is 0 Å². The van der Waals surface area contributed by atoms with Gasteiger partial charge in [-0.1, -0.05) is 0 Å². The van der Waals surface area contributed by atoms with Crippen molar-refractivity contribution >= 4 is 17.2 Å². The summed E-state index contributed by atoms with van der Waals surface area (Å²) in [5.74, 6) is 1.50. The second-order valence-electron chi connectivity index (χ2n) is 7.54. The number of pyridine rings is 1. The summed E-state index contributed by atoms with van der Waals surface area (Å²) >= 11 is 0. The Morgan fingerprint density at radius 3 is 3.00 bits per heavy atom. The molecule has 1 saturated heterocycles. The number of aromatic nitrogens is 3. The number of halogens is 1.